The molecule has 0 aliphatic carbocycles. The van der Waals surface area contributed by atoms with Crippen LogP contribution in [-0.4, -0.2) is 28.3 Å². The Labute approximate surface area is 125 Å². The largest absolute Gasteiger partial charge is 0.480 e. The van der Waals surface area contributed by atoms with E-state index in [2.05, 4.69) is 17.9 Å². The highest BCUT2D eigenvalue weighted by atomic mass is 32.1. The van der Waals surface area contributed by atoms with Crippen LogP contribution < -0.4 is 5.32 Å². The average molecular weight is 295 g/mol. The number of hydrogen-bond donors (Lipinski definition) is 3. The Morgan fingerprint density at radius 2 is 1.85 bits per heavy atom. The van der Waals surface area contributed by atoms with E-state index in [4.69, 9.17) is 5.11 Å². The first-order valence-electron chi connectivity index (χ1n) is 6.65. The van der Waals surface area contributed by atoms with Crippen molar-refractivity contribution >= 4 is 24.5 Å². The number of thiol groups is 1. The summed E-state index contributed by atoms with van der Waals surface area (Å²) >= 11 is 4.27. The van der Waals surface area contributed by atoms with Gasteiger partial charge in [-0.05, 0) is 24.3 Å². The van der Waals surface area contributed by atoms with Crippen molar-refractivity contribution < 1.29 is 14.7 Å². The molecule has 0 fully saturated rings. The lowest BCUT2D eigenvalue weighted by molar-refractivity contribution is -0.142. The molecule has 110 valence electrons. The lowest BCUT2D eigenvalue weighted by Crippen LogP contribution is -2.45. The molecule has 0 bridgehead atoms. The van der Waals surface area contributed by atoms with Gasteiger partial charge in [0.2, 0.25) is 5.91 Å². The van der Waals surface area contributed by atoms with Crippen molar-refractivity contribution in [2.24, 2.45) is 5.92 Å². The monoisotopic (exact) mass is 295 g/mol. The van der Waals surface area contributed by atoms with E-state index < -0.39 is 17.3 Å². The number of nitrogens with one attached hydrogen (secondary N) is 1. The summed E-state index contributed by atoms with van der Waals surface area (Å²) in [5, 5.41) is 11.1. The third-order valence-corrected chi connectivity index (χ3v) is 3.31. The van der Waals surface area contributed by atoms with Crippen molar-refractivity contribution in [2.75, 3.05) is 0 Å². The Morgan fingerprint density at radius 1 is 1.25 bits per heavy atom. The van der Waals surface area contributed by atoms with E-state index in [9.17, 15) is 9.59 Å². The number of carbonyl (C=O) groups is 2. The molecule has 2 N–H and O–H groups in total. The molecule has 0 heterocycles. The van der Waals surface area contributed by atoms with Gasteiger partial charge in [0.25, 0.3) is 0 Å². The van der Waals surface area contributed by atoms with Crippen molar-refractivity contribution in [3.8, 4) is 0 Å². The van der Waals surface area contributed by atoms with Gasteiger partial charge < -0.3 is 10.4 Å². The van der Waals surface area contributed by atoms with E-state index in [-0.39, 0.29) is 11.8 Å². The average Bonchev–Trinajstić information content (AvgIpc) is 2.38. The van der Waals surface area contributed by atoms with Crippen LogP contribution in [0, 0.1) is 5.92 Å². The molecule has 20 heavy (non-hydrogen) atoms. The molecule has 0 aliphatic rings. The van der Waals surface area contributed by atoms with Gasteiger partial charge in [-0.3, -0.25) is 4.79 Å². The molecule has 0 spiro atoms. The molecule has 1 rings (SSSR count). The molecule has 0 aliphatic heterocycles. The molecule has 1 aromatic carbocycles. The van der Waals surface area contributed by atoms with Crippen molar-refractivity contribution in [1.29, 1.82) is 0 Å². The Balaban J connectivity index is 2.57. The van der Waals surface area contributed by atoms with E-state index in [0.29, 0.717) is 12.8 Å². The fourth-order valence-corrected chi connectivity index (χ4v) is 2.18. The van der Waals surface area contributed by atoms with E-state index in [1.807, 2.05) is 44.2 Å². The Hall–Kier alpha value is -1.49. The van der Waals surface area contributed by atoms with Crippen molar-refractivity contribution in [2.45, 2.75) is 38.0 Å². The van der Waals surface area contributed by atoms with E-state index in [1.54, 1.807) is 0 Å². The number of carbonyl (C=O) groups excluding carboxylic acids is 1. The molecule has 0 saturated carbocycles. The number of carboxylic acids is 1. The second-order valence-corrected chi connectivity index (χ2v) is 5.86. The minimum atomic E-state index is -1.01. The topological polar surface area (TPSA) is 66.4 Å². The van der Waals surface area contributed by atoms with Crippen LogP contribution in [0.5, 0.6) is 0 Å². The lowest BCUT2D eigenvalue weighted by Gasteiger charge is -2.19. The summed E-state index contributed by atoms with van der Waals surface area (Å²) < 4.78 is 0. The molecule has 0 aromatic heterocycles. The summed E-state index contributed by atoms with van der Waals surface area (Å²) in [7, 11) is 0. The SMILES string of the molecule is CC(C)C[C@H](NC(=O)[C@@H](S)Cc1ccccc1)C(=O)O. The molecule has 1 amide bonds. The summed E-state index contributed by atoms with van der Waals surface area (Å²) in [5.74, 6) is -1.15. The second-order valence-electron chi connectivity index (χ2n) is 5.23. The number of rotatable bonds is 7. The maximum absolute atomic E-state index is 12.0. The van der Waals surface area contributed by atoms with Gasteiger partial charge in [-0.25, -0.2) is 4.79 Å². The normalized spacial score (nSPS) is 13.8. The predicted octanol–water partition coefficient (Wildman–Crippen LogP) is 2.14. The lowest BCUT2D eigenvalue weighted by atomic mass is 10.0. The number of aliphatic carboxylic acids is 1. The summed E-state index contributed by atoms with van der Waals surface area (Å²) in [6, 6.07) is 8.67. The first kappa shape index (κ1) is 16.6. The standard InChI is InChI=1S/C15H21NO3S/c1-10(2)8-12(15(18)19)16-14(17)13(20)9-11-6-4-3-5-7-11/h3-7,10,12-13,20H,8-9H2,1-2H3,(H,16,17)(H,18,19)/t12-,13-/m0/s1. The molecule has 0 radical (unpaired) electrons. The van der Waals surface area contributed by atoms with E-state index >= 15 is 0 Å². The van der Waals surface area contributed by atoms with Crippen LogP contribution in [0.25, 0.3) is 0 Å². The van der Waals surface area contributed by atoms with Crippen molar-refractivity contribution in [1.82, 2.24) is 5.32 Å². The molecule has 4 nitrogen and oxygen atoms in total. The third-order valence-electron chi connectivity index (χ3n) is 2.90. The highest BCUT2D eigenvalue weighted by molar-refractivity contribution is 7.81. The zero-order chi connectivity index (χ0) is 15.1. The van der Waals surface area contributed by atoms with Crippen LogP contribution in [0.3, 0.4) is 0 Å². The van der Waals surface area contributed by atoms with E-state index in [1.165, 1.54) is 0 Å². The van der Waals surface area contributed by atoms with Gasteiger partial charge in [-0.15, -0.1) is 0 Å². The summed E-state index contributed by atoms with van der Waals surface area (Å²) in [6.07, 6.45) is 0.886. The van der Waals surface area contributed by atoms with Gasteiger partial charge in [0, 0.05) is 0 Å². The van der Waals surface area contributed by atoms with Crippen LogP contribution in [0.15, 0.2) is 30.3 Å². The Kier molecular flexibility index (Phi) is 6.58. The minimum Gasteiger partial charge on any atom is -0.480 e. The van der Waals surface area contributed by atoms with Crippen molar-refractivity contribution in [3.63, 3.8) is 0 Å². The number of benzene rings is 1. The molecule has 5 heteroatoms. The quantitative estimate of drug-likeness (QED) is 0.675. The molecule has 1 aromatic rings. The third kappa shape index (κ3) is 5.65. The van der Waals surface area contributed by atoms with Crippen LogP contribution in [-0.2, 0) is 16.0 Å². The highest BCUT2D eigenvalue weighted by Crippen LogP contribution is 2.10. The van der Waals surface area contributed by atoms with Crippen LogP contribution in [0.2, 0.25) is 0 Å². The maximum Gasteiger partial charge on any atom is 0.326 e. The Morgan fingerprint density at radius 3 is 2.35 bits per heavy atom. The van der Waals surface area contributed by atoms with E-state index in [0.717, 1.165) is 5.56 Å². The molecular weight excluding hydrogens is 274 g/mol. The van der Waals surface area contributed by atoms with Crippen LogP contribution in [0.1, 0.15) is 25.8 Å². The summed E-state index contributed by atoms with van der Waals surface area (Å²) in [4.78, 5) is 23.1. The summed E-state index contributed by atoms with van der Waals surface area (Å²) in [6.45, 7) is 3.84. The molecule has 0 saturated heterocycles. The van der Waals surface area contributed by atoms with Gasteiger partial charge >= 0.3 is 5.97 Å². The fourth-order valence-electron chi connectivity index (χ4n) is 1.89. The van der Waals surface area contributed by atoms with Gasteiger partial charge in [0.15, 0.2) is 0 Å². The number of amides is 1. The second kappa shape index (κ2) is 7.94. The summed E-state index contributed by atoms with van der Waals surface area (Å²) in [5.41, 5.74) is 0.999. The number of carboxylic acid groups (broad SMARTS) is 1. The van der Waals surface area contributed by atoms with Crippen LogP contribution >= 0.6 is 12.6 Å². The van der Waals surface area contributed by atoms with Crippen molar-refractivity contribution in [3.05, 3.63) is 35.9 Å². The molecular formula is C15H21NO3S. The smallest absolute Gasteiger partial charge is 0.326 e. The van der Waals surface area contributed by atoms with Gasteiger partial charge in [-0.2, -0.15) is 12.6 Å². The van der Waals surface area contributed by atoms with Gasteiger partial charge in [0.05, 0.1) is 5.25 Å². The molecule has 0 unspecified atom stereocenters. The predicted molar refractivity (Wildman–Crippen MR) is 81.9 cm³/mol. The molecule has 2 atom stereocenters. The first-order chi connectivity index (χ1) is 9.40. The minimum absolute atomic E-state index is 0.198. The highest BCUT2D eigenvalue weighted by Gasteiger charge is 2.24. The first-order valence-corrected chi connectivity index (χ1v) is 7.17. The van der Waals surface area contributed by atoms with Gasteiger partial charge in [0.1, 0.15) is 6.04 Å². The van der Waals surface area contributed by atoms with Gasteiger partial charge in [-0.1, -0.05) is 44.2 Å². The Bertz CT molecular complexity index is 448. The zero-order valence-electron chi connectivity index (χ0n) is 11.7. The van der Waals surface area contributed by atoms with Crippen LogP contribution in [0.4, 0.5) is 0 Å². The number of hydrogen-bond acceptors (Lipinski definition) is 3. The zero-order valence-corrected chi connectivity index (χ0v) is 12.6. The fraction of sp³-hybridized carbons (Fsp3) is 0.467. The maximum atomic E-state index is 12.0.